The second-order valence-corrected chi connectivity index (χ2v) is 8.60. The molecule has 2 aliphatic heterocycles. The maximum atomic E-state index is 12.8. The summed E-state index contributed by atoms with van der Waals surface area (Å²) in [4.78, 5) is 49.4. The Labute approximate surface area is 192 Å². The molecule has 3 amide bonds. The first kappa shape index (κ1) is 22.3. The number of carbonyl (C=O) groups excluding carboxylic acids is 3. The summed E-state index contributed by atoms with van der Waals surface area (Å²) in [6, 6.07) is 6.43. The lowest BCUT2D eigenvalue weighted by Crippen LogP contribution is -2.36. The third-order valence-corrected chi connectivity index (χ3v) is 6.03. The van der Waals surface area contributed by atoms with Crippen molar-refractivity contribution in [3.8, 4) is 11.5 Å². The van der Waals surface area contributed by atoms with Crippen molar-refractivity contribution in [2.75, 3.05) is 18.7 Å². The Morgan fingerprint density at radius 1 is 1.15 bits per heavy atom. The van der Waals surface area contributed by atoms with Gasteiger partial charge in [-0.15, -0.1) is 0 Å². The Morgan fingerprint density at radius 2 is 1.79 bits per heavy atom. The molecule has 0 atom stereocenters. The molecule has 0 saturated carbocycles. The van der Waals surface area contributed by atoms with Crippen molar-refractivity contribution in [3.05, 3.63) is 61.5 Å². The van der Waals surface area contributed by atoms with Crippen molar-refractivity contribution >= 4 is 46.3 Å². The van der Waals surface area contributed by atoms with Crippen LogP contribution in [0.2, 0.25) is 0 Å². The van der Waals surface area contributed by atoms with Crippen molar-refractivity contribution in [2.45, 2.75) is 20.8 Å². The molecule has 0 aromatic heterocycles. The molecule has 1 fully saturated rings. The number of aryl methyl sites for hydroxylation is 3. The van der Waals surface area contributed by atoms with E-state index in [-0.39, 0.29) is 28.7 Å². The van der Waals surface area contributed by atoms with Crippen LogP contribution in [-0.2, 0) is 9.59 Å². The number of hydrogen-bond acceptors (Lipinski definition) is 8. The first-order valence-electron chi connectivity index (χ1n) is 9.85. The number of imide groups is 1. The standard InChI is InChI=1S/C22H19N3O7S/c1-11-4-12(2)20(13(3)5-11)23-19(26)9-24-21(27)18(33-22(24)28)7-14-6-16-17(32-10-31-16)8-15(14)25(29)30/h4-8H,9-10H2,1-3H3,(H,23,26)/b18-7-. The molecular formula is C22H19N3O7S. The topological polar surface area (TPSA) is 128 Å². The number of carbonyl (C=O) groups is 3. The van der Waals surface area contributed by atoms with Crippen molar-refractivity contribution in [1.29, 1.82) is 0 Å². The molecule has 4 rings (SSSR count). The largest absolute Gasteiger partial charge is 0.454 e. The number of hydrogen-bond donors (Lipinski definition) is 1. The number of nitrogens with one attached hydrogen (secondary N) is 1. The Balaban J connectivity index is 1.55. The average Bonchev–Trinajstić information content (AvgIpc) is 3.29. The summed E-state index contributed by atoms with van der Waals surface area (Å²) in [5.74, 6) is -0.702. The molecule has 1 N–H and O–H groups in total. The van der Waals surface area contributed by atoms with E-state index in [9.17, 15) is 24.5 Å². The highest BCUT2D eigenvalue weighted by Gasteiger charge is 2.37. The predicted octanol–water partition coefficient (Wildman–Crippen LogP) is 3.92. The van der Waals surface area contributed by atoms with Crippen LogP contribution in [0.1, 0.15) is 22.3 Å². The normalized spacial score (nSPS) is 16.0. The minimum Gasteiger partial charge on any atom is -0.454 e. The van der Waals surface area contributed by atoms with Gasteiger partial charge in [-0.3, -0.25) is 29.4 Å². The lowest BCUT2D eigenvalue weighted by atomic mass is 10.1. The fourth-order valence-electron chi connectivity index (χ4n) is 3.70. The van der Waals surface area contributed by atoms with Gasteiger partial charge in [0, 0.05) is 5.69 Å². The van der Waals surface area contributed by atoms with E-state index in [1.165, 1.54) is 18.2 Å². The Hall–Kier alpha value is -3.86. The molecule has 0 bridgehead atoms. The summed E-state index contributed by atoms with van der Waals surface area (Å²) in [5, 5.41) is 13.6. The molecule has 170 valence electrons. The fraction of sp³-hybridized carbons (Fsp3) is 0.227. The zero-order chi connectivity index (χ0) is 23.9. The van der Waals surface area contributed by atoms with E-state index in [1.807, 2.05) is 32.9 Å². The molecule has 2 aromatic rings. The fourth-order valence-corrected chi connectivity index (χ4v) is 4.53. The lowest BCUT2D eigenvalue weighted by molar-refractivity contribution is -0.385. The van der Waals surface area contributed by atoms with Crippen molar-refractivity contribution in [2.24, 2.45) is 0 Å². The summed E-state index contributed by atoms with van der Waals surface area (Å²) < 4.78 is 10.4. The van der Waals surface area contributed by atoms with Gasteiger partial charge in [0.25, 0.3) is 16.8 Å². The zero-order valence-corrected chi connectivity index (χ0v) is 18.8. The van der Waals surface area contributed by atoms with Crippen molar-refractivity contribution in [1.82, 2.24) is 4.90 Å². The van der Waals surface area contributed by atoms with Crippen molar-refractivity contribution in [3.63, 3.8) is 0 Å². The van der Waals surface area contributed by atoms with E-state index in [1.54, 1.807) is 0 Å². The van der Waals surface area contributed by atoms with Gasteiger partial charge in [0.15, 0.2) is 11.5 Å². The van der Waals surface area contributed by atoms with Crippen LogP contribution in [0.25, 0.3) is 6.08 Å². The Morgan fingerprint density at radius 3 is 2.42 bits per heavy atom. The molecule has 2 aliphatic rings. The number of nitro benzene ring substituents is 1. The van der Waals surface area contributed by atoms with E-state index in [2.05, 4.69) is 5.32 Å². The van der Waals surface area contributed by atoms with Crippen molar-refractivity contribution < 1.29 is 28.8 Å². The van der Waals surface area contributed by atoms with Gasteiger partial charge in [-0.2, -0.15) is 0 Å². The number of thioether (sulfide) groups is 1. The summed E-state index contributed by atoms with van der Waals surface area (Å²) >= 11 is 0.611. The van der Waals surface area contributed by atoms with Gasteiger partial charge in [-0.1, -0.05) is 17.7 Å². The number of benzene rings is 2. The number of fused-ring (bicyclic) bond motifs is 1. The van der Waals surface area contributed by atoms with E-state index in [0.29, 0.717) is 23.2 Å². The number of ether oxygens (including phenoxy) is 2. The lowest BCUT2D eigenvalue weighted by Gasteiger charge is -2.15. The molecule has 0 unspecified atom stereocenters. The van der Waals surface area contributed by atoms with Gasteiger partial charge >= 0.3 is 0 Å². The summed E-state index contributed by atoms with van der Waals surface area (Å²) in [6.45, 7) is 5.12. The highest BCUT2D eigenvalue weighted by molar-refractivity contribution is 8.18. The molecule has 0 spiro atoms. The predicted molar refractivity (Wildman–Crippen MR) is 121 cm³/mol. The SMILES string of the molecule is Cc1cc(C)c(NC(=O)CN2C(=O)S/C(=C\c3cc4c(cc3[N+](=O)[O-])OCO4)C2=O)c(C)c1. The summed E-state index contributed by atoms with van der Waals surface area (Å²) in [6.07, 6.45) is 1.25. The van der Waals surface area contributed by atoms with Gasteiger partial charge in [-0.25, -0.2) is 0 Å². The van der Waals surface area contributed by atoms with Crippen LogP contribution in [0.3, 0.4) is 0 Å². The maximum Gasteiger partial charge on any atom is 0.294 e. The zero-order valence-electron chi connectivity index (χ0n) is 18.0. The Kier molecular flexibility index (Phi) is 5.81. The monoisotopic (exact) mass is 469 g/mol. The molecule has 10 nitrogen and oxygen atoms in total. The Bertz CT molecular complexity index is 1230. The third-order valence-electron chi connectivity index (χ3n) is 5.12. The summed E-state index contributed by atoms with van der Waals surface area (Å²) in [5.41, 5.74) is 3.20. The molecule has 11 heteroatoms. The first-order valence-corrected chi connectivity index (χ1v) is 10.7. The molecular weight excluding hydrogens is 450 g/mol. The molecule has 1 saturated heterocycles. The van der Waals surface area contributed by atoms with Crippen LogP contribution in [0, 0.1) is 30.9 Å². The number of anilines is 1. The highest BCUT2D eigenvalue weighted by atomic mass is 32.2. The van der Waals surface area contributed by atoms with Gasteiger partial charge in [0.1, 0.15) is 6.54 Å². The van der Waals surface area contributed by atoms with E-state index in [4.69, 9.17) is 9.47 Å². The minimum atomic E-state index is -0.704. The number of amides is 3. The number of nitrogens with zero attached hydrogens (tertiary/aromatic N) is 2. The summed E-state index contributed by atoms with van der Waals surface area (Å²) in [7, 11) is 0. The van der Waals surface area contributed by atoms with Gasteiger partial charge < -0.3 is 14.8 Å². The van der Waals surface area contributed by atoms with E-state index >= 15 is 0 Å². The molecule has 33 heavy (non-hydrogen) atoms. The van der Waals surface area contributed by atoms with Crippen LogP contribution in [0.4, 0.5) is 16.2 Å². The van der Waals surface area contributed by atoms with Crippen LogP contribution < -0.4 is 14.8 Å². The quantitative estimate of drug-likeness (QED) is 0.396. The number of rotatable bonds is 5. The van der Waals surface area contributed by atoms with Crippen LogP contribution in [0.5, 0.6) is 11.5 Å². The smallest absolute Gasteiger partial charge is 0.294 e. The third kappa shape index (κ3) is 4.40. The highest BCUT2D eigenvalue weighted by Crippen LogP contribution is 2.40. The second kappa shape index (κ2) is 8.58. The van der Waals surface area contributed by atoms with Crippen LogP contribution in [-0.4, -0.2) is 40.2 Å². The maximum absolute atomic E-state index is 12.8. The number of nitro groups is 1. The van der Waals surface area contributed by atoms with Crippen LogP contribution >= 0.6 is 11.8 Å². The first-order chi connectivity index (χ1) is 15.6. The van der Waals surface area contributed by atoms with Gasteiger partial charge in [-0.05, 0) is 55.8 Å². The van der Waals surface area contributed by atoms with Gasteiger partial charge in [0.2, 0.25) is 12.7 Å². The van der Waals surface area contributed by atoms with E-state index < -0.39 is 28.5 Å². The second-order valence-electron chi connectivity index (χ2n) is 7.61. The van der Waals surface area contributed by atoms with E-state index in [0.717, 1.165) is 21.6 Å². The minimum absolute atomic E-state index is 0.0301. The van der Waals surface area contributed by atoms with Crippen LogP contribution in [0.15, 0.2) is 29.2 Å². The average molecular weight is 469 g/mol. The van der Waals surface area contributed by atoms with Gasteiger partial charge in [0.05, 0.1) is 21.5 Å². The molecule has 0 radical (unpaired) electrons. The molecule has 2 heterocycles. The molecule has 2 aromatic carbocycles. The molecule has 0 aliphatic carbocycles.